The first kappa shape index (κ1) is 14.9. The molecule has 1 aliphatic rings. The second-order valence-corrected chi connectivity index (χ2v) is 5.63. The van der Waals surface area contributed by atoms with Gasteiger partial charge in [-0.2, -0.15) is 0 Å². The molecule has 0 fully saturated rings. The molecule has 0 bridgehead atoms. The highest BCUT2D eigenvalue weighted by atomic mass is 35.5. The summed E-state index contributed by atoms with van der Waals surface area (Å²) >= 11 is 6.21. The Kier molecular flexibility index (Phi) is 4.05. The summed E-state index contributed by atoms with van der Waals surface area (Å²) in [6, 6.07) is 11.0. The Bertz CT molecular complexity index is 713. The maximum Gasteiger partial charge on any atom is 0.337 e. The number of fused-ring (bicyclic) bond motifs is 1. The topological polar surface area (TPSA) is 61.5 Å². The minimum Gasteiger partial charge on any atom is -0.488 e. The van der Waals surface area contributed by atoms with Gasteiger partial charge in [0.2, 0.25) is 0 Å². The van der Waals surface area contributed by atoms with Crippen molar-refractivity contribution in [1.82, 2.24) is 0 Å². The Labute approximate surface area is 133 Å². The molecule has 0 aromatic heterocycles. The summed E-state index contributed by atoms with van der Waals surface area (Å²) in [4.78, 5) is 11.5. The Morgan fingerprint density at radius 2 is 2.09 bits per heavy atom. The van der Waals surface area contributed by atoms with Crippen LogP contribution in [0.2, 0.25) is 5.02 Å². The molecule has 2 aromatic rings. The molecule has 1 heterocycles. The fourth-order valence-corrected chi connectivity index (χ4v) is 2.88. The van der Waals surface area contributed by atoms with Crippen molar-refractivity contribution in [3.05, 3.63) is 52.5 Å². The van der Waals surface area contributed by atoms with Gasteiger partial charge in [0.25, 0.3) is 0 Å². The summed E-state index contributed by atoms with van der Waals surface area (Å²) in [6.07, 6.45) is 0.751. The number of rotatable bonds is 3. The van der Waals surface area contributed by atoms with Gasteiger partial charge in [-0.25, -0.2) is 4.79 Å². The van der Waals surface area contributed by atoms with Crippen molar-refractivity contribution in [1.29, 1.82) is 0 Å². The molecule has 1 atom stereocenters. The van der Waals surface area contributed by atoms with Gasteiger partial charge in [0, 0.05) is 23.6 Å². The number of carbonyl (C=O) groups excluding carboxylic acids is 1. The van der Waals surface area contributed by atoms with Crippen LogP contribution in [0.25, 0.3) is 11.1 Å². The maximum atomic E-state index is 11.5. The number of methoxy groups -OCH3 is 1. The van der Waals surface area contributed by atoms with Crippen LogP contribution in [0.4, 0.5) is 0 Å². The van der Waals surface area contributed by atoms with Crippen LogP contribution in [0.1, 0.15) is 15.9 Å². The number of hydrogen-bond donors (Lipinski definition) is 1. The summed E-state index contributed by atoms with van der Waals surface area (Å²) in [5.74, 6) is 0.466. The lowest BCUT2D eigenvalue weighted by atomic mass is 9.99. The maximum absolute atomic E-state index is 11.5. The highest BCUT2D eigenvalue weighted by Crippen LogP contribution is 2.41. The van der Waals surface area contributed by atoms with Crippen LogP contribution in [-0.4, -0.2) is 25.7 Å². The number of halogens is 1. The van der Waals surface area contributed by atoms with E-state index in [9.17, 15) is 4.79 Å². The van der Waals surface area contributed by atoms with Crippen molar-refractivity contribution in [3.63, 3.8) is 0 Å². The Morgan fingerprint density at radius 1 is 1.36 bits per heavy atom. The molecule has 0 amide bonds. The predicted octanol–water partition coefficient (Wildman–Crippen LogP) is 3.06. The molecule has 0 spiro atoms. The van der Waals surface area contributed by atoms with E-state index in [0.717, 1.165) is 28.9 Å². The lowest BCUT2D eigenvalue weighted by Crippen LogP contribution is -2.24. The summed E-state index contributed by atoms with van der Waals surface area (Å²) in [6.45, 7) is 0.465. The molecule has 4 nitrogen and oxygen atoms in total. The molecule has 0 radical (unpaired) electrons. The first-order chi connectivity index (χ1) is 10.6. The van der Waals surface area contributed by atoms with Crippen LogP contribution in [-0.2, 0) is 11.2 Å². The number of hydrogen-bond acceptors (Lipinski definition) is 4. The largest absolute Gasteiger partial charge is 0.488 e. The first-order valence-electron chi connectivity index (χ1n) is 7.00. The van der Waals surface area contributed by atoms with Crippen LogP contribution in [0.5, 0.6) is 5.75 Å². The fourth-order valence-electron chi connectivity index (χ4n) is 2.64. The van der Waals surface area contributed by atoms with E-state index in [0.29, 0.717) is 17.1 Å². The minimum atomic E-state index is -0.359. The molecule has 3 rings (SSSR count). The highest BCUT2D eigenvalue weighted by molar-refractivity contribution is 6.31. The van der Waals surface area contributed by atoms with Crippen molar-refractivity contribution in [2.75, 3.05) is 13.7 Å². The van der Waals surface area contributed by atoms with Crippen molar-refractivity contribution in [2.24, 2.45) is 5.73 Å². The molecule has 0 saturated heterocycles. The van der Waals surface area contributed by atoms with Crippen molar-refractivity contribution in [2.45, 2.75) is 12.5 Å². The number of nitrogens with two attached hydrogens (primary N) is 1. The van der Waals surface area contributed by atoms with Crippen molar-refractivity contribution < 1.29 is 14.3 Å². The quantitative estimate of drug-likeness (QED) is 0.884. The van der Waals surface area contributed by atoms with Crippen molar-refractivity contribution >= 4 is 17.6 Å². The van der Waals surface area contributed by atoms with E-state index in [1.54, 1.807) is 12.1 Å². The molecule has 0 unspecified atom stereocenters. The standard InChI is InChI=1S/C17H16ClNO3/c1-21-17(20)11-4-2-10(3-5-11)15-8-13(18)6-12-7-14(9-19)22-16(12)15/h2-6,8,14H,7,9,19H2,1H3/t14-/m0/s1. The SMILES string of the molecule is COC(=O)c1ccc(-c2cc(Cl)cc3c2O[C@H](CN)C3)cc1. The van der Waals surface area contributed by atoms with Crippen LogP contribution >= 0.6 is 11.6 Å². The molecule has 114 valence electrons. The van der Waals surface area contributed by atoms with Crippen LogP contribution < -0.4 is 10.5 Å². The third kappa shape index (κ3) is 2.67. The van der Waals surface area contributed by atoms with E-state index >= 15 is 0 Å². The average molecular weight is 318 g/mol. The summed E-state index contributed by atoms with van der Waals surface area (Å²) < 4.78 is 10.6. The second-order valence-electron chi connectivity index (χ2n) is 5.19. The zero-order chi connectivity index (χ0) is 15.7. The molecule has 5 heteroatoms. The summed E-state index contributed by atoms with van der Waals surface area (Å²) in [5, 5.41) is 0.659. The van der Waals surface area contributed by atoms with Gasteiger partial charge in [-0.3, -0.25) is 0 Å². The van der Waals surface area contributed by atoms with E-state index in [4.69, 9.17) is 26.8 Å². The second kappa shape index (κ2) is 5.99. The lowest BCUT2D eigenvalue weighted by molar-refractivity contribution is 0.0601. The zero-order valence-electron chi connectivity index (χ0n) is 12.1. The monoisotopic (exact) mass is 317 g/mol. The first-order valence-corrected chi connectivity index (χ1v) is 7.38. The van der Waals surface area contributed by atoms with Gasteiger partial charge in [-0.05, 0) is 35.4 Å². The van der Waals surface area contributed by atoms with Gasteiger partial charge in [-0.1, -0.05) is 23.7 Å². The van der Waals surface area contributed by atoms with Gasteiger partial charge in [0.1, 0.15) is 11.9 Å². The number of ether oxygens (including phenoxy) is 2. The van der Waals surface area contributed by atoms with E-state index in [2.05, 4.69) is 0 Å². The van der Waals surface area contributed by atoms with Crippen LogP contribution in [0.3, 0.4) is 0 Å². The normalized spacial score (nSPS) is 16.0. The highest BCUT2D eigenvalue weighted by Gasteiger charge is 2.25. The number of esters is 1. The van der Waals surface area contributed by atoms with Crippen molar-refractivity contribution in [3.8, 4) is 16.9 Å². The Morgan fingerprint density at radius 3 is 2.73 bits per heavy atom. The van der Waals surface area contributed by atoms with Gasteiger partial charge in [-0.15, -0.1) is 0 Å². The summed E-state index contributed by atoms with van der Waals surface area (Å²) in [7, 11) is 1.36. The van der Waals surface area contributed by atoms with Gasteiger partial charge in [0.15, 0.2) is 0 Å². The zero-order valence-corrected chi connectivity index (χ0v) is 12.9. The Balaban J connectivity index is 2.01. The Hall–Kier alpha value is -2.04. The third-order valence-corrected chi connectivity index (χ3v) is 3.96. The van der Waals surface area contributed by atoms with Gasteiger partial charge in [0.05, 0.1) is 12.7 Å². The van der Waals surface area contributed by atoms with Crippen LogP contribution in [0.15, 0.2) is 36.4 Å². The third-order valence-electron chi connectivity index (χ3n) is 3.74. The van der Waals surface area contributed by atoms with Gasteiger partial charge >= 0.3 is 5.97 Å². The molecule has 22 heavy (non-hydrogen) atoms. The number of benzene rings is 2. The fraction of sp³-hybridized carbons (Fsp3) is 0.235. The molecular formula is C17H16ClNO3. The van der Waals surface area contributed by atoms with E-state index in [-0.39, 0.29) is 12.1 Å². The molecule has 1 aliphatic heterocycles. The molecule has 2 N–H and O–H groups in total. The average Bonchev–Trinajstić information content (AvgIpc) is 2.96. The molecular weight excluding hydrogens is 302 g/mol. The van der Waals surface area contributed by atoms with E-state index in [1.807, 2.05) is 24.3 Å². The lowest BCUT2D eigenvalue weighted by Gasteiger charge is -2.12. The minimum absolute atomic E-state index is 0.0124. The summed E-state index contributed by atoms with van der Waals surface area (Å²) in [5.41, 5.74) is 9.12. The number of carbonyl (C=O) groups is 1. The molecule has 2 aromatic carbocycles. The van der Waals surface area contributed by atoms with E-state index in [1.165, 1.54) is 7.11 Å². The van der Waals surface area contributed by atoms with E-state index < -0.39 is 0 Å². The van der Waals surface area contributed by atoms with Gasteiger partial charge < -0.3 is 15.2 Å². The predicted molar refractivity (Wildman–Crippen MR) is 85.4 cm³/mol. The van der Waals surface area contributed by atoms with Crippen LogP contribution in [0, 0.1) is 0 Å². The smallest absolute Gasteiger partial charge is 0.337 e. The molecule has 0 saturated carbocycles. The molecule has 0 aliphatic carbocycles.